The predicted molar refractivity (Wildman–Crippen MR) is 71.9 cm³/mol. The average molecular weight is 311 g/mol. The Morgan fingerprint density at radius 2 is 2.22 bits per heavy atom. The molecule has 2 rings (SSSR count). The van der Waals surface area contributed by atoms with E-state index in [4.69, 9.17) is 10.3 Å². The SMILES string of the molecule is CCC(N)C(C)c1nc(-c2cncc(Br)c2)no1. The van der Waals surface area contributed by atoms with Crippen LogP contribution in [0.1, 0.15) is 32.1 Å². The summed E-state index contributed by atoms with van der Waals surface area (Å²) in [4.78, 5) is 8.44. The van der Waals surface area contributed by atoms with Crippen LogP contribution in [-0.2, 0) is 0 Å². The molecule has 0 radical (unpaired) electrons. The monoisotopic (exact) mass is 310 g/mol. The van der Waals surface area contributed by atoms with Crippen molar-refractivity contribution in [1.29, 1.82) is 0 Å². The Hall–Kier alpha value is -1.27. The molecule has 0 saturated heterocycles. The molecular weight excluding hydrogens is 296 g/mol. The highest BCUT2D eigenvalue weighted by molar-refractivity contribution is 9.10. The highest BCUT2D eigenvalue weighted by Crippen LogP contribution is 2.23. The molecule has 2 unspecified atom stereocenters. The van der Waals surface area contributed by atoms with Gasteiger partial charge in [0.05, 0.1) is 5.92 Å². The fourth-order valence-corrected chi connectivity index (χ4v) is 1.97. The summed E-state index contributed by atoms with van der Waals surface area (Å²) < 4.78 is 6.14. The summed E-state index contributed by atoms with van der Waals surface area (Å²) in [7, 11) is 0. The number of nitrogens with zero attached hydrogens (tertiary/aromatic N) is 3. The second-order valence-corrected chi connectivity index (χ2v) is 5.12. The number of hydrogen-bond acceptors (Lipinski definition) is 5. The van der Waals surface area contributed by atoms with Crippen LogP contribution < -0.4 is 5.73 Å². The minimum atomic E-state index is 0.0268. The molecule has 5 nitrogen and oxygen atoms in total. The first-order chi connectivity index (χ1) is 8.61. The first-order valence-electron chi connectivity index (χ1n) is 5.82. The molecule has 2 aromatic heterocycles. The quantitative estimate of drug-likeness (QED) is 0.939. The summed E-state index contributed by atoms with van der Waals surface area (Å²) >= 11 is 3.36. The van der Waals surface area contributed by atoms with E-state index in [1.165, 1.54) is 0 Å². The number of hydrogen-bond donors (Lipinski definition) is 1. The smallest absolute Gasteiger partial charge is 0.231 e. The van der Waals surface area contributed by atoms with Crippen LogP contribution in [-0.4, -0.2) is 21.2 Å². The van der Waals surface area contributed by atoms with E-state index in [2.05, 4.69) is 31.1 Å². The minimum Gasteiger partial charge on any atom is -0.339 e. The van der Waals surface area contributed by atoms with Crippen LogP contribution in [0, 0.1) is 0 Å². The lowest BCUT2D eigenvalue weighted by atomic mass is 10.0. The van der Waals surface area contributed by atoms with Crippen molar-refractivity contribution >= 4 is 15.9 Å². The van der Waals surface area contributed by atoms with Crippen molar-refractivity contribution in [2.75, 3.05) is 0 Å². The Morgan fingerprint density at radius 1 is 1.44 bits per heavy atom. The van der Waals surface area contributed by atoms with Crippen molar-refractivity contribution in [3.8, 4) is 11.4 Å². The third kappa shape index (κ3) is 2.76. The van der Waals surface area contributed by atoms with Gasteiger partial charge in [0.15, 0.2) is 0 Å². The lowest BCUT2D eigenvalue weighted by Crippen LogP contribution is -2.25. The summed E-state index contributed by atoms with van der Waals surface area (Å²) in [6.45, 7) is 4.03. The van der Waals surface area contributed by atoms with Crippen LogP contribution >= 0.6 is 15.9 Å². The fourth-order valence-electron chi connectivity index (χ4n) is 1.61. The van der Waals surface area contributed by atoms with Crippen molar-refractivity contribution in [2.45, 2.75) is 32.2 Å². The molecule has 0 spiro atoms. The van der Waals surface area contributed by atoms with Gasteiger partial charge in [-0.25, -0.2) is 0 Å². The maximum absolute atomic E-state index is 5.97. The second kappa shape index (κ2) is 5.58. The van der Waals surface area contributed by atoms with Gasteiger partial charge in [0, 0.05) is 28.5 Å². The van der Waals surface area contributed by atoms with Gasteiger partial charge in [0.2, 0.25) is 11.7 Å². The highest BCUT2D eigenvalue weighted by atomic mass is 79.9. The molecule has 0 aromatic carbocycles. The topological polar surface area (TPSA) is 77.8 Å². The van der Waals surface area contributed by atoms with E-state index in [0.29, 0.717) is 11.7 Å². The Labute approximate surface area is 114 Å². The van der Waals surface area contributed by atoms with Gasteiger partial charge in [-0.3, -0.25) is 4.98 Å². The summed E-state index contributed by atoms with van der Waals surface area (Å²) in [6, 6.07) is 1.92. The number of halogens is 1. The average Bonchev–Trinajstić information content (AvgIpc) is 2.86. The Bertz CT molecular complexity index is 528. The second-order valence-electron chi connectivity index (χ2n) is 4.21. The van der Waals surface area contributed by atoms with Gasteiger partial charge >= 0.3 is 0 Å². The van der Waals surface area contributed by atoms with Crippen LogP contribution in [0.2, 0.25) is 0 Å². The molecule has 18 heavy (non-hydrogen) atoms. The number of aromatic nitrogens is 3. The molecule has 0 aliphatic carbocycles. The van der Waals surface area contributed by atoms with Gasteiger partial charge in [-0.2, -0.15) is 4.98 Å². The van der Waals surface area contributed by atoms with Crippen molar-refractivity contribution < 1.29 is 4.52 Å². The molecule has 0 bridgehead atoms. The van der Waals surface area contributed by atoms with Gasteiger partial charge < -0.3 is 10.3 Å². The summed E-state index contributed by atoms with van der Waals surface area (Å²) in [5, 5.41) is 3.96. The molecule has 0 aliphatic heterocycles. The molecule has 96 valence electrons. The molecule has 0 aliphatic rings. The lowest BCUT2D eigenvalue weighted by Gasteiger charge is -2.13. The standard InChI is InChI=1S/C12H15BrN4O/c1-3-10(14)7(2)12-16-11(17-18-12)8-4-9(13)6-15-5-8/h4-7,10H,3,14H2,1-2H3. The number of nitrogens with two attached hydrogens (primary N) is 1. The van der Waals surface area contributed by atoms with E-state index in [1.807, 2.05) is 19.9 Å². The molecular formula is C12H15BrN4O. The molecule has 0 amide bonds. The fraction of sp³-hybridized carbons (Fsp3) is 0.417. The van der Waals surface area contributed by atoms with Gasteiger partial charge in [0.25, 0.3) is 0 Å². The van der Waals surface area contributed by atoms with Crippen LogP contribution in [0.3, 0.4) is 0 Å². The van der Waals surface area contributed by atoms with Gasteiger partial charge in [-0.1, -0.05) is 19.0 Å². The van der Waals surface area contributed by atoms with Crippen molar-refractivity contribution in [2.24, 2.45) is 5.73 Å². The van der Waals surface area contributed by atoms with Crippen LogP contribution in [0.25, 0.3) is 11.4 Å². The van der Waals surface area contributed by atoms with Crippen LogP contribution in [0.5, 0.6) is 0 Å². The first kappa shape index (κ1) is 13.2. The minimum absolute atomic E-state index is 0.0268. The molecule has 2 heterocycles. The van der Waals surface area contributed by atoms with Gasteiger partial charge in [-0.05, 0) is 28.4 Å². The largest absolute Gasteiger partial charge is 0.339 e. The van der Waals surface area contributed by atoms with Crippen molar-refractivity contribution in [1.82, 2.24) is 15.1 Å². The Morgan fingerprint density at radius 3 is 2.89 bits per heavy atom. The third-order valence-electron chi connectivity index (χ3n) is 2.91. The Balaban J connectivity index is 2.25. The molecule has 2 N–H and O–H groups in total. The van der Waals surface area contributed by atoms with E-state index in [9.17, 15) is 0 Å². The maximum Gasteiger partial charge on any atom is 0.231 e. The number of pyridine rings is 1. The maximum atomic E-state index is 5.97. The van der Waals surface area contributed by atoms with E-state index in [-0.39, 0.29) is 12.0 Å². The van der Waals surface area contributed by atoms with E-state index < -0.39 is 0 Å². The Kier molecular flexibility index (Phi) is 4.08. The zero-order chi connectivity index (χ0) is 13.1. The molecule has 0 saturated carbocycles. The lowest BCUT2D eigenvalue weighted by molar-refractivity contribution is 0.340. The summed E-state index contributed by atoms with van der Waals surface area (Å²) in [5.41, 5.74) is 6.79. The van der Waals surface area contributed by atoms with E-state index >= 15 is 0 Å². The molecule has 6 heteroatoms. The third-order valence-corrected chi connectivity index (χ3v) is 3.34. The summed E-state index contributed by atoms with van der Waals surface area (Å²) in [6.07, 6.45) is 4.28. The zero-order valence-corrected chi connectivity index (χ0v) is 11.9. The molecule has 0 fully saturated rings. The molecule has 2 atom stereocenters. The zero-order valence-electron chi connectivity index (χ0n) is 10.3. The molecule has 2 aromatic rings. The summed E-state index contributed by atoms with van der Waals surface area (Å²) in [5.74, 6) is 1.16. The van der Waals surface area contributed by atoms with Crippen LogP contribution in [0.4, 0.5) is 0 Å². The van der Waals surface area contributed by atoms with Crippen molar-refractivity contribution in [3.05, 3.63) is 28.8 Å². The van der Waals surface area contributed by atoms with Gasteiger partial charge in [-0.15, -0.1) is 0 Å². The first-order valence-corrected chi connectivity index (χ1v) is 6.61. The highest BCUT2D eigenvalue weighted by Gasteiger charge is 2.20. The van der Waals surface area contributed by atoms with E-state index in [0.717, 1.165) is 16.5 Å². The normalized spacial score (nSPS) is 14.4. The predicted octanol–water partition coefficient (Wildman–Crippen LogP) is 2.73. The van der Waals surface area contributed by atoms with E-state index in [1.54, 1.807) is 12.4 Å². The number of rotatable bonds is 4. The van der Waals surface area contributed by atoms with Crippen LogP contribution in [0.15, 0.2) is 27.5 Å². The van der Waals surface area contributed by atoms with Crippen molar-refractivity contribution in [3.63, 3.8) is 0 Å². The van der Waals surface area contributed by atoms with Gasteiger partial charge in [0.1, 0.15) is 0 Å².